The summed E-state index contributed by atoms with van der Waals surface area (Å²) in [5.41, 5.74) is 11.9. The fraction of sp³-hybridized carbons (Fsp3) is 0.273. The van der Waals surface area contributed by atoms with E-state index in [0.717, 1.165) is 6.42 Å². The number of nitrogens with one attached hydrogen (secondary N) is 1. The van der Waals surface area contributed by atoms with Gasteiger partial charge in [-0.25, -0.2) is 4.99 Å². The Morgan fingerprint density at radius 3 is 2.41 bits per heavy atom. The van der Waals surface area contributed by atoms with Crippen LogP contribution < -0.4 is 11.5 Å². The predicted octanol–water partition coefficient (Wildman–Crippen LogP) is 1.89. The van der Waals surface area contributed by atoms with Crippen LogP contribution in [0.2, 0.25) is 5.02 Å². The van der Waals surface area contributed by atoms with E-state index in [-0.39, 0.29) is 11.9 Å². The molecule has 17 heavy (non-hydrogen) atoms. The zero-order valence-electron chi connectivity index (χ0n) is 9.65. The number of halogens is 1. The van der Waals surface area contributed by atoms with Crippen molar-refractivity contribution in [1.29, 1.82) is 5.41 Å². The van der Waals surface area contributed by atoms with Crippen molar-refractivity contribution in [3.8, 4) is 0 Å². The molecule has 6 heteroatoms. The number of aliphatic imine (C=N–C) groups is 1. The van der Waals surface area contributed by atoms with Gasteiger partial charge in [-0.3, -0.25) is 10.3 Å². The van der Waals surface area contributed by atoms with Gasteiger partial charge in [0.05, 0.1) is 5.69 Å². The van der Waals surface area contributed by atoms with Crippen molar-refractivity contribution in [1.82, 2.24) is 4.90 Å². The molecule has 0 bridgehead atoms. The molecule has 92 valence electrons. The fourth-order valence-corrected chi connectivity index (χ4v) is 1.42. The summed E-state index contributed by atoms with van der Waals surface area (Å²) < 4.78 is 0. The highest BCUT2D eigenvalue weighted by atomic mass is 35.5. The lowest BCUT2D eigenvalue weighted by molar-refractivity contribution is 0.579. The van der Waals surface area contributed by atoms with E-state index in [0.29, 0.717) is 17.3 Å². The van der Waals surface area contributed by atoms with E-state index in [1.165, 1.54) is 4.90 Å². The van der Waals surface area contributed by atoms with E-state index in [9.17, 15) is 0 Å². The highest BCUT2D eigenvalue weighted by Crippen LogP contribution is 2.16. The minimum Gasteiger partial charge on any atom is -0.370 e. The van der Waals surface area contributed by atoms with E-state index < -0.39 is 0 Å². The van der Waals surface area contributed by atoms with Crippen LogP contribution in [0.4, 0.5) is 5.69 Å². The largest absolute Gasteiger partial charge is 0.370 e. The summed E-state index contributed by atoms with van der Waals surface area (Å²) in [5.74, 6) is 0.101. The Labute approximate surface area is 106 Å². The summed E-state index contributed by atoms with van der Waals surface area (Å²) in [6.07, 6.45) is 0.830. The van der Waals surface area contributed by atoms with Gasteiger partial charge in [-0.15, -0.1) is 0 Å². The highest BCUT2D eigenvalue weighted by molar-refractivity contribution is 6.30. The molecular weight excluding hydrogens is 238 g/mol. The molecule has 0 amide bonds. The van der Waals surface area contributed by atoms with Crippen LogP contribution in [0.5, 0.6) is 0 Å². The normalized spacial score (nSPS) is 11.3. The topological polar surface area (TPSA) is 91.5 Å². The Balaban J connectivity index is 2.89. The van der Waals surface area contributed by atoms with E-state index >= 15 is 0 Å². The van der Waals surface area contributed by atoms with Gasteiger partial charge >= 0.3 is 0 Å². The van der Waals surface area contributed by atoms with Crippen molar-refractivity contribution in [2.24, 2.45) is 16.5 Å². The van der Waals surface area contributed by atoms with Crippen LogP contribution in [0.15, 0.2) is 29.3 Å². The molecule has 0 atom stereocenters. The Morgan fingerprint density at radius 1 is 1.35 bits per heavy atom. The summed E-state index contributed by atoms with van der Waals surface area (Å²) in [6.45, 7) is 2.55. The first kappa shape index (κ1) is 13.3. The summed E-state index contributed by atoms with van der Waals surface area (Å²) in [7, 11) is 0. The van der Waals surface area contributed by atoms with E-state index in [1.807, 2.05) is 6.92 Å². The maximum absolute atomic E-state index is 7.41. The van der Waals surface area contributed by atoms with Gasteiger partial charge in [-0.2, -0.15) is 0 Å². The number of nitrogens with two attached hydrogens (primary N) is 2. The molecule has 0 aliphatic rings. The molecule has 0 saturated carbocycles. The number of benzene rings is 1. The molecular formula is C11H16ClN5. The molecule has 1 aromatic rings. The van der Waals surface area contributed by atoms with Crippen molar-refractivity contribution in [2.45, 2.75) is 13.3 Å². The number of hydrogen-bond acceptors (Lipinski definition) is 2. The summed E-state index contributed by atoms with van der Waals surface area (Å²) >= 11 is 5.77. The molecule has 1 rings (SSSR count). The molecule has 0 aliphatic carbocycles. The minimum atomic E-state index is -0.109. The highest BCUT2D eigenvalue weighted by Gasteiger charge is 2.09. The number of nitrogens with zero attached hydrogens (tertiary/aromatic N) is 2. The standard InChI is InChI=1S/C11H16ClN5/c1-2-7-17(10(13)14)11(15)16-9-5-3-8(12)4-6-9/h3-6H,2,7H2,1H3,(H3,13,14)(H2,15,16). The van der Waals surface area contributed by atoms with Gasteiger partial charge in [0.2, 0.25) is 5.96 Å². The minimum absolute atomic E-state index is 0.109. The predicted molar refractivity (Wildman–Crippen MR) is 71.6 cm³/mol. The SMILES string of the molecule is CCCN(C(=N)N)C(N)=Nc1ccc(Cl)cc1. The third kappa shape index (κ3) is 3.96. The maximum Gasteiger partial charge on any atom is 0.203 e. The third-order valence-corrected chi connectivity index (χ3v) is 2.34. The van der Waals surface area contributed by atoms with Crippen LogP contribution in [0.1, 0.15) is 13.3 Å². The van der Waals surface area contributed by atoms with Crippen LogP contribution >= 0.6 is 11.6 Å². The lowest BCUT2D eigenvalue weighted by Gasteiger charge is -2.20. The van der Waals surface area contributed by atoms with Crippen molar-refractivity contribution >= 4 is 29.2 Å². The first-order chi connectivity index (χ1) is 8.04. The number of guanidine groups is 2. The molecule has 1 aromatic carbocycles. The van der Waals surface area contributed by atoms with E-state index in [4.69, 9.17) is 28.5 Å². The number of hydrogen-bond donors (Lipinski definition) is 3. The van der Waals surface area contributed by atoms with Gasteiger partial charge in [0.25, 0.3) is 0 Å². The van der Waals surface area contributed by atoms with Crippen molar-refractivity contribution in [3.05, 3.63) is 29.3 Å². The summed E-state index contributed by atoms with van der Waals surface area (Å²) in [4.78, 5) is 5.63. The quantitative estimate of drug-likeness (QED) is 0.567. The molecule has 0 fully saturated rings. The fourth-order valence-electron chi connectivity index (χ4n) is 1.29. The lowest BCUT2D eigenvalue weighted by Crippen LogP contribution is -2.45. The van der Waals surface area contributed by atoms with Crippen molar-refractivity contribution < 1.29 is 0 Å². The molecule has 5 nitrogen and oxygen atoms in total. The van der Waals surface area contributed by atoms with Gasteiger partial charge in [0, 0.05) is 11.6 Å². The van der Waals surface area contributed by atoms with E-state index in [1.54, 1.807) is 24.3 Å². The third-order valence-electron chi connectivity index (χ3n) is 2.08. The molecule has 0 aliphatic heterocycles. The maximum atomic E-state index is 7.41. The summed E-state index contributed by atoms with van der Waals surface area (Å²) in [6, 6.07) is 6.95. The Kier molecular flexibility index (Phi) is 4.78. The first-order valence-corrected chi connectivity index (χ1v) is 5.63. The summed E-state index contributed by atoms with van der Waals surface area (Å²) in [5, 5.41) is 8.05. The van der Waals surface area contributed by atoms with Crippen LogP contribution in [0, 0.1) is 5.41 Å². The second kappa shape index (κ2) is 6.10. The van der Waals surface area contributed by atoms with Gasteiger partial charge in [0.1, 0.15) is 0 Å². The molecule has 0 radical (unpaired) electrons. The smallest absolute Gasteiger partial charge is 0.203 e. The molecule has 5 N–H and O–H groups in total. The van der Waals surface area contributed by atoms with Crippen LogP contribution in [-0.4, -0.2) is 23.4 Å². The van der Waals surface area contributed by atoms with E-state index in [2.05, 4.69) is 4.99 Å². The molecule has 0 aromatic heterocycles. The zero-order chi connectivity index (χ0) is 12.8. The lowest BCUT2D eigenvalue weighted by atomic mass is 10.3. The molecule has 0 saturated heterocycles. The van der Waals surface area contributed by atoms with Gasteiger partial charge in [-0.05, 0) is 30.7 Å². The molecule has 0 unspecified atom stereocenters. The van der Waals surface area contributed by atoms with Crippen LogP contribution in [0.25, 0.3) is 0 Å². The Hall–Kier alpha value is -1.75. The first-order valence-electron chi connectivity index (χ1n) is 5.26. The second-order valence-electron chi connectivity index (χ2n) is 3.48. The van der Waals surface area contributed by atoms with Crippen LogP contribution in [-0.2, 0) is 0 Å². The number of rotatable bonds is 3. The van der Waals surface area contributed by atoms with Gasteiger partial charge in [0.15, 0.2) is 5.96 Å². The van der Waals surface area contributed by atoms with Crippen molar-refractivity contribution in [2.75, 3.05) is 6.54 Å². The van der Waals surface area contributed by atoms with Gasteiger partial charge < -0.3 is 11.5 Å². The van der Waals surface area contributed by atoms with Crippen molar-refractivity contribution in [3.63, 3.8) is 0 Å². The second-order valence-corrected chi connectivity index (χ2v) is 3.92. The Bertz CT molecular complexity index is 412. The van der Waals surface area contributed by atoms with Crippen LogP contribution in [0.3, 0.4) is 0 Å². The zero-order valence-corrected chi connectivity index (χ0v) is 10.4. The van der Waals surface area contributed by atoms with Gasteiger partial charge in [-0.1, -0.05) is 18.5 Å². The monoisotopic (exact) mass is 253 g/mol. The average molecular weight is 254 g/mol. The molecule has 0 spiro atoms. The average Bonchev–Trinajstić information content (AvgIpc) is 2.28. The molecule has 0 heterocycles. The Morgan fingerprint density at radius 2 is 1.94 bits per heavy atom.